The summed E-state index contributed by atoms with van der Waals surface area (Å²) in [4.78, 5) is 4.61. The minimum atomic E-state index is 0.505. The fourth-order valence-corrected chi connectivity index (χ4v) is 3.86. The fourth-order valence-electron chi connectivity index (χ4n) is 3.86. The van der Waals surface area contributed by atoms with Gasteiger partial charge >= 0.3 is 0 Å². The van der Waals surface area contributed by atoms with Gasteiger partial charge in [0.2, 0.25) is 0 Å². The lowest BCUT2D eigenvalue weighted by atomic mass is 9.87. The molecule has 1 aromatic heterocycles. The highest BCUT2D eigenvalue weighted by Gasteiger charge is 2.26. The zero-order valence-corrected chi connectivity index (χ0v) is 13.3. The molecule has 2 aromatic rings. The number of benzene rings is 1. The van der Waals surface area contributed by atoms with Gasteiger partial charge in [-0.1, -0.05) is 31.2 Å². The van der Waals surface area contributed by atoms with E-state index < -0.39 is 0 Å². The summed E-state index contributed by atoms with van der Waals surface area (Å²) in [5.74, 6) is 2.15. The van der Waals surface area contributed by atoms with E-state index in [2.05, 4.69) is 51.3 Å². The van der Waals surface area contributed by atoms with Gasteiger partial charge in [-0.15, -0.1) is 0 Å². The number of rotatable bonds is 3. The number of aryl methyl sites for hydroxylation is 3. The van der Waals surface area contributed by atoms with Gasteiger partial charge in [0.1, 0.15) is 5.82 Å². The van der Waals surface area contributed by atoms with E-state index in [1.807, 2.05) is 0 Å². The molecule has 22 heavy (non-hydrogen) atoms. The molecule has 1 N–H and O–H groups in total. The van der Waals surface area contributed by atoms with Crippen molar-refractivity contribution in [2.24, 2.45) is 0 Å². The van der Waals surface area contributed by atoms with E-state index >= 15 is 0 Å². The third kappa shape index (κ3) is 2.56. The third-order valence-corrected chi connectivity index (χ3v) is 5.02. The van der Waals surface area contributed by atoms with Crippen molar-refractivity contribution in [2.45, 2.75) is 64.1 Å². The van der Waals surface area contributed by atoms with E-state index in [0.29, 0.717) is 12.1 Å². The summed E-state index contributed by atoms with van der Waals surface area (Å²) in [5.41, 5.74) is 3.03. The van der Waals surface area contributed by atoms with E-state index in [1.54, 1.807) is 0 Å². The Hall–Kier alpha value is -1.68. The van der Waals surface area contributed by atoms with Crippen LogP contribution >= 0.6 is 0 Å². The van der Waals surface area contributed by atoms with Crippen LogP contribution in [0.4, 0.5) is 0 Å². The molecule has 0 saturated heterocycles. The van der Waals surface area contributed by atoms with Crippen LogP contribution in [0.2, 0.25) is 0 Å². The van der Waals surface area contributed by atoms with Crippen LogP contribution in [-0.4, -0.2) is 20.8 Å². The molecule has 0 spiro atoms. The summed E-state index contributed by atoms with van der Waals surface area (Å²) in [6.45, 7) is 3.08. The van der Waals surface area contributed by atoms with Crippen LogP contribution in [0.3, 0.4) is 0 Å². The summed E-state index contributed by atoms with van der Waals surface area (Å²) >= 11 is 0. The quantitative estimate of drug-likeness (QED) is 0.947. The number of fused-ring (bicyclic) bond motifs is 2. The molecule has 0 fully saturated rings. The van der Waals surface area contributed by atoms with Gasteiger partial charge in [-0.2, -0.15) is 5.10 Å². The Kier molecular flexibility index (Phi) is 3.70. The number of nitrogens with one attached hydrogen (secondary N) is 1. The number of hydrogen-bond acceptors (Lipinski definition) is 3. The Morgan fingerprint density at radius 2 is 2.14 bits per heavy atom. The van der Waals surface area contributed by atoms with Gasteiger partial charge in [-0.25, -0.2) is 9.67 Å². The highest BCUT2D eigenvalue weighted by atomic mass is 15.4. The molecule has 0 amide bonds. The maximum atomic E-state index is 4.62. The molecule has 1 aromatic carbocycles. The molecule has 2 heterocycles. The molecule has 1 aliphatic carbocycles. The molecule has 0 radical (unpaired) electrons. The second kappa shape index (κ2) is 5.84. The molecule has 0 saturated carbocycles. The first-order valence-electron chi connectivity index (χ1n) is 8.60. The average molecular weight is 296 g/mol. The van der Waals surface area contributed by atoms with Crippen molar-refractivity contribution in [1.82, 2.24) is 20.1 Å². The largest absolute Gasteiger partial charge is 0.305 e. The van der Waals surface area contributed by atoms with E-state index in [4.69, 9.17) is 0 Å². The van der Waals surface area contributed by atoms with Gasteiger partial charge in [0.05, 0.1) is 6.54 Å². The van der Waals surface area contributed by atoms with E-state index in [0.717, 1.165) is 25.2 Å². The molecule has 0 unspecified atom stereocenters. The Morgan fingerprint density at radius 3 is 3.05 bits per heavy atom. The van der Waals surface area contributed by atoms with E-state index in [-0.39, 0.29) is 0 Å². The average Bonchev–Trinajstić information content (AvgIpc) is 2.98. The molecular weight excluding hydrogens is 272 g/mol. The maximum Gasteiger partial charge on any atom is 0.150 e. The summed E-state index contributed by atoms with van der Waals surface area (Å²) in [7, 11) is 0. The topological polar surface area (TPSA) is 42.7 Å². The standard InChI is InChI=1S/C18H24N4/c1-2-17-20-18-11-10-14(12-22(18)21-17)19-16-9-5-7-13-6-3-4-8-15(13)16/h3-4,6,8,14,16,19H,2,5,7,9-12H2,1H3/t14-,16-/m0/s1. The number of aromatic nitrogens is 3. The van der Waals surface area contributed by atoms with Crippen molar-refractivity contribution in [3.05, 3.63) is 47.0 Å². The monoisotopic (exact) mass is 296 g/mol. The second-order valence-electron chi connectivity index (χ2n) is 6.53. The minimum Gasteiger partial charge on any atom is -0.305 e. The van der Waals surface area contributed by atoms with Crippen LogP contribution in [0, 0.1) is 0 Å². The first kappa shape index (κ1) is 13.9. The molecule has 116 valence electrons. The van der Waals surface area contributed by atoms with Crippen molar-refractivity contribution in [3.63, 3.8) is 0 Å². The molecule has 1 aliphatic heterocycles. The van der Waals surface area contributed by atoms with Crippen LogP contribution in [-0.2, 0) is 25.8 Å². The van der Waals surface area contributed by atoms with Crippen molar-refractivity contribution < 1.29 is 0 Å². The van der Waals surface area contributed by atoms with Gasteiger partial charge in [-0.05, 0) is 36.8 Å². The van der Waals surface area contributed by atoms with Crippen LogP contribution in [0.15, 0.2) is 24.3 Å². The Balaban J connectivity index is 1.49. The molecule has 2 atom stereocenters. The first-order valence-corrected chi connectivity index (χ1v) is 8.60. The van der Waals surface area contributed by atoms with Crippen LogP contribution in [0.25, 0.3) is 0 Å². The normalized spacial score (nSPS) is 23.9. The zero-order chi connectivity index (χ0) is 14.9. The summed E-state index contributed by atoms with van der Waals surface area (Å²) < 4.78 is 2.12. The minimum absolute atomic E-state index is 0.505. The Bertz CT molecular complexity index is 661. The van der Waals surface area contributed by atoms with E-state index in [1.165, 1.54) is 42.6 Å². The molecular formula is C18H24N4. The summed E-state index contributed by atoms with van der Waals surface area (Å²) in [6.07, 6.45) is 6.90. The van der Waals surface area contributed by atoms with Gasteiger partial charge in [0, 0.05) is 24.9 Å². The lowest BCUT2D eigenvalue weighted by molar-refractivity contribution is 0.311. The predicted octanol–water partition coefficient (Wildman–Crippen LogP) is 2.82. The summed E-state index contributed by atoms with van der Waals surface area (Å²) in [6, 6.07) is 9.93. The molecule has 4 nitrogen and oxygen atoms in total. The molecule has 4 rings (SSSR count). The third-order valence-electron chi connectivity index (χ3n) is 5.02. The van der Waals surface area contributed by atoms with Crippen LogP contribution < -0.4 is 5.32 Å². The van der Waals surface area contributed by atoms with Gasteiger partial charge < -0.3 is 5.32 Å². The number of nitrogens with zero attached hydrogens (tertiary/aromatic N) is 3. The van der Waals surface area contributed by atoms with Crippen molar-refractivity contribution >= 4 is 0 Å². The lowest BCUT2D eigenvalue weighted by Gasteiger charge is -2.32. The second-order valence-corrected chi connectivity index (χ2v) is 6.53. The highest BCUT2D eigenvalue weighted by Crippen LogP contribution is 2.30. The zero-order valence-electron chi connectivity index (χ0n) is 13.3. The van der Waals surface area contributed by atoms with Crippen molar-refractivity contribution in [1.29, 1.82) is 0 Å². The molecule has 0 bridgehead atoms. The Labute approximate surface area is 132 Å². The smallest absolute Gasteiger partial charge is 0.150 e. The van der Waals surface area contributed by atoms with Gasteiger partial charge in [-0.3, -0.25) is 0 Å². The maximum absolute atomic E-state index is 4.62. The lowest BCUT2D eigenvalue weighted by Crippen LogP contribution is -2.40. The Morgan fingerprint density at radius 1 is 1.23 bits per heavy atom. The van der Waals surface area contributed by atoms with Crippen LogP contribution in [0.5, 0.6) is 0 Å². The fraction of sp³-hybridized carbons (Fsp3) is 0.556. The molecule has 2 aliphatic rings. The molecule has 4 heteroatoms. The van der Waals surface area contributed by atoms with Crippen molar-refractivity contribution in [3.8, 4) is 0 Å². The van der Waals surface area contributed by atoms with Gasteiger partial charge in [0.25, 0.3) is 0 Å². The van der Waals surface area contributed by atoms with Crippen LogP contribution in [0.1, 0.15) is 55.0 Å². The van der Waals surface area contributed by atoms with Gasteiger partial charge in [0.15, 0.2) is 5.82 Å². The summed E-state index contributed by atoms with van der Waals surface area (Å²) in [5, 5.41) is 8.52. The number of hydrogen-bond donors (Lipinski definition) is 1. The van der Waals surface area contributed by atoms with E-state index in [9.17, 15) is 0 Å². The predicted molar refractivity (Wildman–Crippen MR) is 86.8 cm³/mol. The van der Waals surface area contributed by atoms with Crippen molar-refractivity contribution in [2.75, 3.05) is 0 Å². The first-order chi connectivity index (χ1) is 10.8. The SMILES string of the molecule is CCc1nc2n(n1)C[C@@H](N[C@H]1CCCc3ccccc31)CC2. The highest BCUT2D eigenvalue weighted by molar-refractivity contribution is 5.32.